The Balaban J connectivity index is 1.61. The summed E-state index contributed by atoms with van der Waals surface area (Å²) in [4.78, 5) is 0. The van der Waals surface area contributed by atoms with Gasteiger partial charge in [-0.05, 0) is 61.7 Å². The fourth-order valence-corrected chi connectivity index (χ4v) is 5.01. The molecule has 3 heteroatoms. The molecule has 3 nitrogen and oxygen atoms in total. The van der Waals surface area contributed by atoms with E-state index in [2.05, 4.69) is 11.4 Å². The fraction of sp³-hybridized carbons (Fsp3) is 0.929. The second-order valence-electron chi connectivity index (χ2n) is 6.36. The van der Waals surface area contributed by atoms with Crippen LogP contribution in [-0.2, 0) is 0 Å². The van der Waals surface area contributed by atoms with Gasteiger partial charge in [0.2, 0.25) is 0 Å². The Hall–Kier alpha value is -0.590. The lowest BCUT2D eigenvalue weighted by Crippen LogP contribution is -2.51. The van der Waals surface area contributed by atoms with Crippen LogP contribution in [0.5, 0.6) is 0 Å². The molecule has 4 aliphatic carbocycles. The van der Waals surface area contributed by atoms with Crippen LogP contribution in [0.1, 0.15) is 32.1 Å². The van der Waals surface area contributed by atoms with Gasteiger partial charge in [-0.25, -0.2) is 0 Å². The van der Waals surface area contributed by atoms with E-state index in [0.717, 1.165) is 23.7 Å². The van der Waals surface area contributed by atoms with Gasteiger partial charge in [-0.3, -0.25) is 0 Å². The molecule has 2 N–H and O–H groups in total. The molecule has 0 aromatic rings. The number of rotatable bonds is 4. The highest BCUT2D eigenvalue weighted by atomic mass is 16.3. The molecule has 0 saturated heterocycles. The maximum Gasteiger partial charge on any atom is 0.0841 e. The Kier molecular flexibility index (Phi) is 3.10. The highest BCUT2D eigenvalue weighted by Crippen LogP contribution is 2.57. The third kappa shape index (κ3) is 2.09. The summed E-state index contributed by atoms with van der Waals surface area (Å²) in [5, 5.41) is 21.9. The molecular weight excluding hydrogens is 212 g/mol. The third-order valence-electron chi connectivity index (χ3n) is 5.30. The van der Waals surface area contributed by atoms with E-state index < -0.39 is 0 Å². The Morgan fingerprint density at radius 3 is 2.24 bits per heavy atom. The lowest BCUT2D eigenvalue weighted by Gasteiger charge is -2.55. The molecule has 4 aliphatic rings. The minimum absolute atomic E-state index is 0.238. The first kappa shape index (κ1) is 11.5. The molecule has 4 rings (SSSR count). The molecule has 0 amide bonds. The summed E-state index contributed by atoms with van der Waals surface area (Å²) >= 11 is 0. The van der Waals surface area contributed by atoms with Gasteiger partial charge in [0, 0.05) is 6.54 Å². The van der Waals surface area contributed by atoms with Crippen molar-refractivity contribution in [2.75, 3.05) is 13.1 Å². The zero-order chi connectivity index (χ0) is 11.8. The summed E-state index contributed by atoms with van der Waals surface area (Å²) in [5.74, 6) is 3.98. The van der Waals surface area contributed by atoms with Crippen LogP contribution in [0.4, 0.5) is 0 Å². The minimum Gasteiger partial charge on any atom is -0.391 e. The van der Waals surface area contributed by atoms with E-state index in [1.807, 2.05) is 0 Å². The molecule has 4 saturated carbocycles. The Labute approximate surface area is 103 Å². The Bertz CT molecular complexity index is 295. The third-order valence-corrected chi connectivity index (χ3v) is 5.30. The van der Waals surface area contributed by atoms with Crippen molar-refractivity contribution < 1.29 is 5.11 Å². The molecule has 1 unspecified atom stereocenters. The van der Waals surface area contributed by atoms with Gasteiger partial charge in [0.15, 0.2) is 0 Å². The molecular formula is C14H22N2O. The van der Waals surface area contributed by atoms with Crippen molar-refractivity contribution in [1.82, 2.24) is 5.32 Å². The Morgan fingerprint density at radius 2 is 1.71 bits per heavy atom. The van der Waals surface area contributed by atoms with Gasteiger partial charge in [0.05, 0.1) is 18.7 Å². The van der Waals surface area contributed by atoms with E-state index in [9.17, 15) is 5.11 Å². The van der Waals surface area contributed by atoms with Crippen LogP contribution in [0.15, 0.2) is 0 Å². The first-order chi connectivity index (χ1) is 8.28. The molecule has 0 radical (unpaired) electrons. The van der Waals surface area contributed by atoms with Gasteiger partial charge >= 0.3 is 0 Å². The van der Waals surface area contributed by atoms with Crippen LogP contribution in [0, 0.1) is 40.9 Å². The molecule has 0 aliphatic heterocycles. The number of aliphatic hydroxyl groups excluding tert-OH is 1. The Morgan fingerprint density at radius 1 is 1.12 bits per heavy atom. The summed E-state index contributed by atoms with van der Waals surface area (Å²) in [6.07, 6.45) is 6.64. The lowest BCUT2D eigenvalue weighted by molar-refractivity contribution is -0.0880. The van der Waals surface area contributed by atoms with E-state index in [-0.39, 0.29) is 6.10 Å². The van der Waals surface area contributed by atoms with Crippen LogP contribution < -0.4 is 5.32 Å². The van der Waals surface area contributed by atoms with Crippen molar-refractivity contribution in [2.24, 2.45) is 29.6 Å². The van der Waals surface area contributed by atoms with E-state index in [1.165, 1.54) is 32.1 Å². The second-order valence-corrected chi connectivity index (χ2v) is 6.36. The van der Waals surface area contributed by atoms with Gasteiger partial charge in [0.25, 0.3) is 0 Å². The standard InChI is InChI=1S/C14H22N2O/c15-1-2-16-8-13(17)14-11-4-9-3-10(6-11)7-12(14)5-9/h9-14,16-17H,2-8H2. The fourth-order valence-electron chi connectivity index (χ4n) is 5.01. The summed E-state index contributed by atoms with van der Waals surface area (Å²) in [6, 6.07) is 2.07. The topological polar surface area (TPSA) is 56.0 Å². The number of aliphatic hydroxyl groups is 1. The van der Waals surface area contributed by atoms with E-state index in [1.54, 1.807) is 0 Å². The molecule has 17 heavy (non-hydrogen) atoms. The van der Waals surface area contributed by atoms with Gasteiger partial charge in [-0.15, -0.1) is 0 Å². The van der Waals surface area contributed by atoms with Crippen LogP contribution in [0.25, 0.3) is 0 Å². The average molecular weight is 234 g/mol. The minimum atomic E-state index is -0.238. The van der Waals surface area contributed by atoms with E-state index >= 15 is 0 Å². The summed E-state index contributed by atoms with van der Waals surface area (Å²) in [7, 11) is 0. The molecule has 0 aromatic heterocycles. The van der Waals surface area contributed by atoms with Crippen LogP contribution in [-0.4, -0.2) is 24.3 Å². The van der Waals surface area contributed by atoms with Crippen molar-refractivity contribution in [2.45, 2.75) is 38.2 Å². The molecule has 1 atom stereocenters. The number of nitriles is 1. The molecule has 0 aromatic carbocycles. The number of hydrogen-bond acceptors (Lipinski definition) is 3. The summed E-state index contributed by atoms with van der Waals surface area (Å²) in [6.45, 7) is 0.949. The predicted octanol–water partition coefficient (Wildman–Crippen LogP) is 1.53. The largest absolute Gasteiger partial charge is 0.391 e. The predicted molar refractivity (Wildman–Crippen MR) is 65.0 cm³/mol. The number of hydrogen-bond donors (Lipinski definition) is 2. The zero-order valence-electron chi connectivity index (χ0n) is 10.3. The van der Waals surface area contributed by atoms with Gasteiger partial charge < -0.3 is 10.4 Å². The molecule has 94 valence electrons. The lowest BCUT2D eigenvalue weighted by atomic mass is 9.51. The molecule has 0 heterocycles. The first-order valence-corrected chi connectivity index (χ1v) is 7.03. The SMILES string of the molecule is N#CCNCC(O)C1C2CC3CC(C2)CC1C3. The quantitative estimate of drug-likeness (QED) is 0.573. The highest BCUT2D eigenvalue weighted by Gasteiger charge is 2.50. The maximum atomic E-state index is 10.3. The normalized spacial score (nSPS) is 44.6. The van der Waals surface area contributed by atoms with Crippen molar-refractivity contribution in [3.63, 3.8) is 0 Å². The molecule has 4 bridgehead atoms. The summed E-state index contributed by atoms with van der Waals surface area (Å²) in [5.41, 5.74) is 0. The maximum absolute atomic E-state index is 10.3. The van der Waals surface area contributed by atoms with Crippen molar-refractivity contribution in [1.29, 1.82) is 5.26 Å². The zero-order valence-corrected chi connectivity index (χ0v) is 10.3. The number of nitrogens with one attached hydrogen (secondary N) is 1. The van der Waals surface area contributed by atoms with Crippen LogP contribution >= 0.6 is 0 Å². The van der Waals surface area contributed by atoms with Gasteiger partial charge in [0.1, 0.15) is 0 Å². The van der Waals surface area contributed by atoms with E-state index in [4.69, 9.17) is 5.26 Å². The first-order valence-electron chi connectivity index (χ1n) is 7.03. The van der Waals surface area contributed by atoms with E-state index in [0.29, 0.717) is 19.0 Å². The molecule has 0 spiro atoms. The van der Waals surface area contributed by atoms with Gasteiger partial charge in [-0.2, -0.15) is 5.26 Å². The van der Waals surface area contributed by atoms with Crippen molar-refractivity contribution in [3.05, 3.63) is 0 Å². The van der Waals surface area contributed by atoms with Crippen LogP contribution in [0.3, 0.4) is 0 Å². The average Bonchev–Trinajstić information content (AvgIpc) is 2.27. The molecule has 4 fully saturated rings. The second kappa shape index (κ2) is 4.59. The number of nitrogens with zero attached hydrogens (tertiary/aromatic N) is 1. The van der Waals surface area contributed by atoms with Gasteiger partial charge in [-0.1, -0.05) is 0 Å². The highest BCUT2D eigenvalue weighted by molar-refractivity contribution is 5.00. The smallest absolute Gasteiger partial charge is 0.0841 e. The van der Waals surface area contributed by atoms with Crippen molar-refractivity contribution in [3.8, 4) is 6.07 Å². The summed E-state index contributed by atoms with van der Waals surface area (Å²) < 4.78 is 0. The monoisotopic (exact) mass is 234 g/mol. The van der Waals surface area contributed by atoms with Crippen LogP contribution in [0.2, 0.25) is 0 Å². The van der Waals surface area contributed by atoms with Crippen molar-refractivity contribution >= 4 is 0 Å².